The summed E-state index contributed by atoms with van der Waals surface area (Å²) in [5, 5.41) is 2.93. The van der Waals surface area contributed by atoms with Gasteiger partial charge in [-0.15, -0.1) is 0 Å². The van der Waals surface area contributed by atoms with Gasteiger partial charge in [0.1, 0.15) is 5.82 Å². The maximum Gasteiger partial charge on any atom is 0.223 e. The van der Waals surface area contributed by atoms with Crippen molar-refractivity contribution in [2.24, 2.45) is 17.6 Å². The summed E-state index contributed by atoms with van der Waals surface area (Å²) in [6, 6.07) is 6.69. The lowest BCUT2D eigenvalue weighted by atomic mass is 9.79. The van der Waals surface area contributed by atoms with Crippen molar-refractivity contribution in [3.63, 3.8) is 0 Å². The minimum Gasteiger partial charge on any atom is -0.356 e. The quantitative estimate of drug-likeness (QED) is 0.868. The average Bonchev–Trinajstić information content (AvgIpc) is 2.49. The molecule has 0 radical (unpaired) electrons. The Kier molecular flexibility index (Phi) is 5.53. The Morgan fingerprint density at radius 3 is 2.80 bits per heavy atom. The standard InChI is InChI=1S/C16H23FN2O/c17-15-8-4-2-5-12(15)9-10-19-16(20)14-7-3-1-6-13(14)11-18/h2,4-5,8,13-14H,1,3,6-7,9-11,18H2,(H,19,20). The summed E-state index contributed by atoms with van der Waals surface area (Å²) < 4.78 is 13.5. The first kappa shape index (κ1) is 15.0. The van der Waals surface area contributed by atoms with Gasteiger partial charge in [-0.2, -0.15) is 0 Å². The lowest BCUT2D eigenvalue weighted by Gasteiger charge is -2.29. The number of amides is 1. The first-order valence-electron chi connectivity index (χ1n) is 7.43. The minimum absolute atomic E-state index is 0.0365. The van der Waals surface area contributed by atoms with E-state index in [1.165, 1.54) is 12.5 Å². The van der Waals surface area contributed by atoms with E-state index in [1.54, 1.807) is 12.1 Å². The number of benzene rings is 1. The van der Waals surface area contributed by atoms with Gasteiger partial charge in [0.2, 0.25) is 5.91 Å². The van der Waals surface area contributed by atoms with Gasteiger partial charge in [0.05, 0.1) is 0 Å². The second-order valence-corrected chi connectivity index (χ2v) is 5.52. The molecule has 0 saturated heterocycles. The molecule has 1 aromatic rings. The van der Waals surface area contributed by atoms with Crippen molar-refractivity contribution >= 4 is 5.91 Å². The minimum atomic E-state index is -0.209. The summed E-state index contributed by atoms with van der Waals surface area (Å²) in [4.78, 5) is 12.2. The second kappa shape index (κ2) is 7.39. The summed E-state index contributed by atoms with van der Waals surface area (Å²) in [5.41, 5.74) is 6.39. The molecule has 0 heterocycles. The number of rotatable bonds is 5. The number of halogens is 1. The highest BCUT2D eigenvalue weighted by Gasteiger charge is 2.29. The molecular formula is C16H23FN2O. The Hall–Kier alpha value is -1.42. The van der Waals surface area contributed by atoms with Crippen LogP contribution in [0.4, 0.5) is 4.39 Å². The van der Waals surface area contributed by atoms with Crippen LogP contribution in [0.1, 0.15) is 31.2 Å². The summed E-state index contributed by atoms with van der Waals surface area (Å²) in [7, 11) is 0. The van der Waals surface area contributed by atoms with Crippen LogP contribution in [0.3, 0.4) is 0 Å². The van der Waals surface area contributed by atoms with Crippen LogP contribution in [0, 0.1) is 17.7 Å². The highest BCUT2D eigenvalue weighted by molar-refractivity contribution is 5.79. The maximum atomic E-state index is 13.5. The van der Waals surface area contributed by atoms with E-state index in [4.69, 9.17) is 5.73 Å². The van der Waals surface area contributed by atoms with Gasteiger partial charge in [-0.1, -0.05) is 31.0 Å². The molecule has 2 unspecified atom stereocenters. The predicted octanol–water partition coefficient (Wildman–Crippen LogP) is 2.25. The topological polar surface area (TPSA) is 55.1 Å². The van der Waals surface area contributed by atoms with Gasteiger partial charge in [0, 0.05) is 12.5 Å². The zero-order chi connectivity index (χ0) is 14.4. The van der Waals surface area contributed by atoms with E-state index in [9.17, 15) is 9.18 Å². The SMILES string of the molecule is NCC1CCCCC1C(=O)NCCc1ccccc1F. The second-order valence-electron chi connectivity index (χ2n) is 5.52. The molecule has 0 bridgehead atoms. The van der Waals surface area contributed by atoms with Crippen LogP contribution >= 0.6 is 0 Å². The first-order chi connectivity index (χ1) is 9.72. The molecule has 3 N–H and O–H groups in total. The van der Waals surface area contributed by atoms with Crippen LogP contribution in [-0.4, -0.2) is 19.0 Å². The number of hydrogen-bond donors (Lipinski definition) is 2. The molecule has 2 atom stereocenters. The molecule has 110 valence electrons. The summed E-state index contributed by atoms with van der Waals surface area (Å²) in [5.74, 6) is 0.210. The third-order valence-corrected chi connectivity index (χ3v) is 4.20. The molecule has 1 aromatic carbocycles. The normalized spacial score (nSPS) is 22.5. The molecule has 0 aliphatic heterocycles. The van der Waals surface area contributed by atoms with Gasteiger partial charge < -0.3 is 11.1 Å². The maximum absolute atomic E-state index is 13.5. The highest BCUT2D eigenvalue weighted by Crippen LogP contribution is 2.29. The van der Waals surface area contributed by atoms with Crippen LogP contribution in [0.15, 0.2) is 24.3 Å². The number of nitrogens with two attached hydrogens (primary N) is 1. The van der Waals surface area contributed by atoms with E-state index in [0.717, 1.165) is 19.3 Å². The van der Waals surface area contributed by atoms with Crippen molar-refractivity contribution in [3.05, 3.63) is 35.6 Å². The van der Waals surface area contributed by atoms with E-state index in [0.29, 0.717) is 31.0 Å². The number of carbonyl (C=O) groups excluding carboxylic acids is 1. The first-order valence-corrected chi connectivity index (χ1v) is 7.43. The van der Waals surface area contributed by atoms with Crippen LogP contribution in [-0.2, 0) is 11.2 Å². The fourth-order valence-electron chi connectivity index (χ4n) is 2.99. The largest absolute Gasteiger partial charge is 0.356 e. The monoisotopic (exact) mass is 278 g/mol. The molecule has 0 aromatic heterocycles. The Bertz CT molecular complexity index is 450. The van der Waals surface area contributed by atoms with E-state index < -0.39 is 0 Å². The van der Waals surface area contributed by atoms with E-state index in [2.05, 4.69) is 5.32 Å². The van der Waals surface area contributed by atoms with E-state index in [1.807, 2.05) is 6.07 Å². The predicted molar refractivity (Wildman–Crippen MR) is 77.6 cm³/mol. The summed E-state index contributed by atoms with van der Waals surface area (Å²) >= 11 is 0. The van der Waals surface area contributed by atoms with Crippen LogP contribution in [0.5, 0.6) is 0 Å². The lowest BCUT2D eigenvalue weighted by molar-refractivity contribution is -0.127. The molecule has 1 saturated carbocycles. The molecule has 0 spiro atoms. The van der Waals surface area contributed by atoms with Crippen molar-refractivity contribution in [1.29, 1.82) is 0 Å². The highest BCUT2D eigenvalue weighted by atomic mass is 19.1. The summed E-state index contributed by atoms with van der Waals surface area (Å²) in [6.45, 7) is 1.05. The van der Waals surface area contributed by atoms with Crippen molar-refractivity contribution in [2.45, 2.75) is 32.1 Å². The Balaban J connectivity index is 1.81. The molecular weight excluding hydrogens is 255 g/mol. The lowest BCUT2D eigenvalue weighted by Crippen LogP contribution is -2.40. The average molecular weight is 278 g/mol. The fourth-order valence-corrected chi connectivity index (χ4v) is 2.99. The Morgan fingerprint density at radius 1 is 1.30 bits per heavy atom. The van der Waals surface area contributed by atoms with Crippen LogP contribution < -0.4 is 11.1 Å². The Morgan fingerprint density at radius 2 is 2.05 bits per heavy atom. The van der Waals surface area contributed by atoms with E-state index in [-0.39, 0.29) is 17.6 Å². The third kappa shape index (κ3) is 3.79. The molecule has 2 rings (SSSR count). The van der Waals surface area contributed by atoms with Gasteiger partial charge in [-0.25, -0.2) is 4.39 Å². The summed E-state index contributed by atoms with van der Waals surface area (Å²) in [6.07, 6.45) is 4.76. The van der Waals surface area contributed by atoms with Crippen LogP contribution in [0.25, 0.3) is 0 Å². The molecule has 3 nitrogen and oxygen atoms in total. The van der Waals surface area contributed by atoms with Gasteiger partial charge in [-0.05, 0) is 43.4 Å². The van der Waals surface area contributed by atoms with Crippen molar-refractivity contribution < 1.29 is 9.18 Å². The molecule has 1 fully saturated rings. The molecule has 1 aliphatic carbocycles. The number of nitrogens with one attached hydrogen (secondary N) is 1. The molecule has 1 amide bonds. The van der Waals surface area contributed by atoms with Gasteiger partial charge in [-0.3, -0.25) is 4.79 Å². The smallest absolute Gasteiger partial charge is 0.223 e. The van der Waals surface area contributed by atoms with Crippen LogP contribution in [0.2, 0.25) is 0 Å². The number of carbonyl (C=O) groups is 1. The van der Waals surface area contributed by atoms with Crippen molar-refractivity contribution in [1.82, 2.24) is 5.32 Å². The van der Waals surface area contributed by atoms with Crippen molar-refractivity contribution in [3.8, 4) is 0 Å². The zero-order valence-electron chi connectivity index (χ0n) is 11.8. The van der Waals surface area contributed by atoms with Gasteiger partial charge >= 0.3 is 0 Å². The van der Waals surface area contributed by atoms with Gasteiger partial charge in [0.25, 0.3) is 0 Å². The number of hydrogen-bond acceptors (Lipinski definition) is 2. The van der Waals surface area contributed by atoms with Crippen molar-refractivity contribution in [2.75, 3.05) is 13.1 Å². The molecule has 20 heavy (non-hydrogen) atoms. The third-order valence-electron chi connectivity index (χ3n) is 4.20. The molecule has 1 aliphatic rings. The van der Waals surface area contributed by atoms with Gasteiger partial charge in [0.15, 0.2) is 0 Å². The van der Waals surface area contributed by atoms with E-state index >= 15 is 0 Å². The zero-order valence-corrected chi connectivity index (χ0v) is 11.8. The fraction of sp³-hybridized carbons (Fsp3) is 0.562. The molecule has 4 heteroatoms. The Labute approximate surface area is 119 Å².